The van der Waals surface area contributed by atoms with Gasteiger partial charge in [-0.1, -0.05) is 13.8 Å². The molecule has 2 atom stereocenters. The molecule has 0 amide bonds. The summed E-state index contributed by atoms with van der Waals surface area (Å²) in [5, 5.41) is 8.18. The zero-order valence-electron chi connectivity index (χ0n) is 14.0. The Labute approximate surface area is 132 Å². The first-order valence-corrected chi connectivity index (χ1v) is 8.41. The van der Waals surface area contributed by atoms with Crippen molar-refractivity contribution in [2.24, 2.45) is 11.8 Å². The highest BCUT2D eigenvalue weighted by atomic mass is 79.9. The molecular weight excluding hydrogens is 314 g/mol. The van der Waals surface area contributed by atoms with Gasteiger partial charge in [-0.2, -0.15) is 5.10 Å². The van der Waals surface area contributed by atoms with Crippen molar-refractivity contribution in [1.29, 1.82) is 0 Å². The van der Waals surface area contributed by atoms with Gasteiger partial charge in [0.05, 0.1) is 15.9 Å². The lowest BCUT2D eigenvalue weighted by Gasteiger charge is -2.27. The third-order valence-corrected chi connectivity index (χ3v) is 4.93. The molecule has 1 heterocycles. The molecule has 0 saturated heterocycles. The Morgan fingerprint density at radius 3 is 2.35 bits per heavy atom. The van der Waals surface area contributed by atoms with Gasteiger partial charge in [-0.3, -0.25) is 4.68 Å². The molecule has 0 aliphatic carbocycles. The molecule has 3 nitrogen and oxygen atoms in total. The maximum absolute atomic E-state index is 4.58. The Hall–Kier alpha value is -0.350. The summed E-state index contributed by atoms with van der Waals surface area (Å²) >= 11 is 3.69. The van der Waals surface area contributed by atoms with Gasteiger partial charge >= 0.3 is 0 Å². The molecule has 116 valence electrons. The molecule has 1 N–H and O–H groups in total. The Morgan fingerprint density at radius 2 is 1.85 bits per heavy atom. The lowest BCUT2D eigenvalue weighted by atomic mass is 9.90. The standard InChI is InChI=1S/C16H30BrN3/c1-8-20-14(15(17)13(4)19-20)9-11(2)12(3)10-18-16(5,6)7/h11-12,18H,8-10H2,1-7H3. The van der Waals surface area contributed by atoms with Gasteiger partial charge in [-0.05, 0) is 75.4 Å². The monoisotopic (exact) mass is 343 g/mol. The summed E-state index contributed by atoms with van der Waals surface area (Å²) in [5.74, 6) is 1.27. The fraction of sp³-hybridized carbons (Fsp3) is 0.812. The summed E-state index contributed by atoms with van der Waals surface area (Å²) in [5.41, 5.74) is 2.62. The molecule has 0 fully saturated rings. The number of aryl methyl sites for hydroxylation is 2. The van der Waals surface area contributed by atoms with Crippen LogP contribution in [0.2, 0.25) is 0 Å². The Morgan fingerprint density at radius 1 is 1.25 bits per heavy atom. The van der Waals surface area contributed by atoms with Gasteiger partial charge in [0.25, 0.3) is 0 Å². The molecule has 20 heavy (non-hydrogen) atoms. The molecule has 1 rings (SSSR count). The summed E-state index contributed by atoms with van der Waals surface area (Å²) in [6.45, 7) is 17.5. The number of hydrogen-bond donors (Lipinski definition) is 1. The van der Waals surface area contributed by atoms with E-state index in [0.717, 1.165) is 25.2 Å². The summed E-state index contributed by atoms with van der Waals surface area (Å²) in [6, 6.07) is 0. The van der Waals surface area contributed by atoms with Crippen LogP contribution in [-0.4, -0.2) is 21.9 Å². The number of hydrogen-bond acceptors (Lipinski definition) is 2. The highest BCUT2D eigenvalue weighted by Gasteiger charge is 2.20. The largest absolute Gasteiger partial charge is 0.312 e. The molecule has 0 saturated carbocycles. The molecule has 1 aromatic heterocycles. The maximum atomic E-state index is 4.58. The quantitative estimate of drug-likeness (QED) is 0.839. The Balaban J connectivity index is 2.68. The van der Waals surface area contributed by atoms with Crippen molar-refractivity contribution in [3.05, 3.63) is 15.9 Å². The summed E-state index contributed by atoms with van der Waals surface area (Å²) < 4.78 is 3.31. The van der Waals surface area contributed by atoms with Crippen LogP contribution in [0, 0.1) is 18.8 Å². The average Bonchev–Trinajstić information content (AvgIpc) is 2.62. The van der Waals surface area contributed by atoms with Crippen LogP contribution in [0.15, 0.2) is 4.47 Å². The lowest BCUT2D eigenvalue weighted by molar-refractivity contribution is 0.313. The van der Waals surface area contributed by atoms with E-state index in [1.165, 1.54) is 10.2 Å². The molecule has 4 heteroatoms. The van der Waals surface area contributed by atoms with Gasteiger partial charge < -0.3 is 5.32 Å². The minimum atomic E-state index is 0.191. The predicted molar refractivity (Wildman–Crippen MR) is 90.1 cm³/mol. The average molecular weight is 344 g/mol. The summed E-state index contributed by atoms with van der Waals surface area (Å²) in [7, 11) is 0. The molecule has 2 unspecified atom stereocenters. The predicted octanol–water partition coefficient (Wildman–Crippen LogP) is 4.18. The molecule has 1 aromatic rings. The van der Waals surface area contributed by atoms with E-state index in [1.54, 1.807) is 0 Å². The van der Waals surface area contributed by atoms with E-state index in [9.17, 15) is 0 Å². The van der Waals surface area contributed by atoms with E-state index in [-0.39, 0.29) is 5.54 Å². The van der Waals surface area contributed by atoms with Crippen molar-refractivity contribution in [3.63, 3.8) is 0 Å². The number of rotatable bonds is 6. The van der Waals surface area contributed by atoms with Gasteiger partial charge in [0, 0.05) is 12.1 Å². The zero-order chi connectivity index (χ0) is 15.5. The minimum Gasteiger partial charge on any atom is -0.312 e. The molecular formula is C16H30BrN3. The SMILES string of the molecule is CCn1nc(C)c(Br)c1CC(C)C(C)CNC(C)(C)C. The highest BCUT2D eigenvalue weighted by molar-refractivity contribution is 9.10. The fourth-order valence-electron chi connectivity index (χ4n) is 2.24. The molecule has 0 bridgehead atoms. The second kappa shape index (κ2) is 7.08. The van der Waals surface area contributed by atoms with E-state index >= 15 is 0 Å². The molecule has 0 spiro atoms. The van der Waals surface area contributed by atoms with Crippen LogP contribution in [0.4, 0.5) is 0 Å². The van der Waals surface area contributed by atoms with Crippen molar-refractivity contribution in [3.8, 4) is 0 Å². The van der Waals surface area contributed by atoms with E-state index in [1.807, 2.05) is 0 Å². The molecule has 0 radical (unpaired) electrons. The van der Waals surface area contributed by atoms with Gasteiger partial charge in [-0.25, -0.2) is 0 Å². The van der Waals surface area contributed by atoms with Crippen LogP contribution in [-0.2, 0) is 13.0 Å². The van der Waals surface area contributed by atoms with Crippen LogP contribution >= 0.6 is 15.9 Å². The molecule has 0 aromatic carbocycles. The Kier molecular flexibility index (Phi) is 6.26. The van der Waals surface area contributed by atoms with Crippen molar-refractivity contribution in [2.75, 3.05) is 6.54 Å². The van der Waals surface area contributed by atoms with Gasteiger partial charge in [0.1, 0.15) is 0 Å². The Bertz CT molecular complexity index is 432. The lowest BCUT2D eigenvalue weighted by Crippen LogP contribution is -2.40. The normalized spacial score (nSPS) is 15.4. The first kappa shape index (κ1) is 17.7. The molecule has 0 aliphatic heterocycles. The number of nitrogens with one attached hydrogen (secondary N) is 1. The topological polar surface area (TPSA) is 29.9 Å². The van der Waals surface area contributed by atoms with E-state index in [4.69, 9.17) is 0 Å². The smallest absolute Gasteiger partial charge is 0.0738 e. The number of aromatic nitrogens is 2. The summed E-state index contributed by atoms with van der Waals surface area (Å²) in [4.78, 5) is 0. The highest BCUT2D eigenvalue weighted by Crippen LogP contribution is 2.26. The van der Waals surface area contributed by atoms with Crippen LogP contribution in [0.25, 0.3) is 0 Å². The van der Waals surface area contributed by atoms with Crippen molar-refractivity contribution in [2.45, 2.75) is 67.0 Å². The van der Waals surface area contributed by atoms with E-state index in [0.29, 0.717) is 11.8 Å². The van der Waals surface area contributed by atoms with Gasteiger partial charge in [-0.15, -0.1) is 0 Å². The third-order valence-electron chi connectivity index (χ3n) is 3.89. The van der Waals surface area contributed by atoms with E-state index in [2.05, 4.69) is 79.5 Å². The van der Waals surface area contributed by atoms with Crippen molar-refractivity contribution < 1.29 is 0 Å². The fourth-order valence-corrected chi connectivity index (χ4v) is 2.68. The van der Waals surface area contributed by atoms with Crippen LogP contribution in [0.5, 0.6) is 0 Å². The summed E-state index contributed by atoms with van der Waals surface area (Å²) in [6.07, 6.45) is 1.07. The van der Waals surface area contributed by atoms with Crippen LogP contribution in [0.1, 0.15) is 52.9 Å². The number of halogens is 1. The third kappa shape index (κ3) is 4.88. The van der Waals surface area contributed by atoms with Gasteiger partial charge in [0.15, 0.2) is 0 Å². The van der Waals surface area contributed by atoms with Gasteiger partial charge in [0.2, 0.25) is 0 Å². The van der Waals surface area contributed by atoms with Crippen LogP contribution in [0.3, 0.4) is 0 Å². The maximum Gasteiger partial charge on any atom is 0.0738 e. The zero-order valence-corrected chi connectivity index (χ0v) is 15.6. The minimum absolute atomic E-state index is 0.191. The van der Waals surface area contributed by atoms with Crippen molar-refractivity contribution >= 4 is 15.9 Å². The number of nitrogens with zero attached hydrogens (tertiary/aromatic N) is 2. The van der Waals surface area contributed by atoms with Crippen LogP contribution < -0.4 is 5.32 Å². The first-order valence-electron chi connectivity index (χ1n) is 7.62. The van der Waals surface area contributed by atoms with E-state index < -0.39 is 0 Å². The van der Waals surface area contributed by atoms with Crippen molar-refractivity contribution in [1.82, 2.24) is 15.1 Å². The molecule has 0 aliphatic rings. The first-order chi connectivity index (χ1) is 9.15. The second-order valence-corrected chi connectivity index (χ2v) is 7.74. The second-order valence-electron chi connectivity index (χ2n) is 6.95.